The summed E-state index contributed by atoms with van der Waals surface area (Å²) in [6, 6.07) is 0.949. The van der Waals surface area contributed by atoms with Crippen LogP contribution in [-0.2, 0) is 4.57 Å². The van der Waals surface area contributed by atoms with Gasteiger partial charge in [0, 0.05) is 25.2 Å². The predicted molar refractivity (Wildman–Crippen MR) is 50.7 cm³/mol. The van der Waals surface area contributed by atoms with Gasteiger partial charge in [0.25, 0.3) is 0 Å². The molecule has 2 heterocycles. The first-order valence-corrected chi connectivity index (χ1v) is 6.62. The van der Waals surface area contributed by atoms with Crippen molar-refractivity contribution in [1.29, 1.82) is 0 Å². The van der Waals surface area contributed by atoms with Crippen LogP contribution in [0.4, 0.5) is 0 Å². The molecule has 0 aromatic carbocycles. The maximum atomic E-state index is 12.2. The van der Waals surface area contributed by atoms with E-state index in [1.54, 1.807) is 0 Å². The second-order valence-electron chi connectivity index (χ2n) is 3.73. The van der Waals surface area contributed by atoms with E-state index in [1.165, 1.54) is 0 Å². The van der Waals surface area contributed by atoms with Gasteiger partial charge in [-0.25, -0.2) is 9.34 Å². The molecule has 0 radical (unpaired) electrons. The van der Waals surface area contributed by atoms with Crippen molar-refractivity contribution in [3.05, 3.63) is 0 Å². The maximum Gasteiger partial charge on any atom is 0.231 e. The quantitative estimate of drug-likeness (QED) is 0.401. The van der Waals surface area contributed by atoms with Crippen molar-refractivity contribution in [2.75, 3.05) is 18.7 Å². The number of hydrogen-bond acceptors (Lipinski definition) is 1. The molecular formula is C7H14ClN2OP. The topological polar surface area (TPSA) is 23.1 Å². The Labute approximate surface area is 78.1 Å². The van der Waals surface area contributed by atoms with Crippen molar-refractivity contribution < 1.29 is 4.57 Å². The molecule has 2 rings (SSSR count). The van der Waals surface area contributed by atoms with E-state index >= 15 is 0 Å². The summed E-state index contributed by atoms with van der Waals surface area (Å²) >= 11 is 5.76. The average Bonchev–Trinajstić information content (AvgIpc) is 2.89. The van der Waals surface area contributed by atoms with Crippen LogP contribution in [0.5, 0.6) is 0 Å². The van der Waals surface area contributed by atoms with Gasteiger partial charge in [-0.05, 0) is 13.8 Å². The van der Waals surface area contributed by atoms with E-state index < -0.39 is 7.44 Å². The fourth-order valence-corrected chi connectivity index (χ4v) is 5.21. The van der Waals surface area contributed by atoms with E-state index in [0.717, 1.165) is 13.1 Å². The van der Waals surface area contributed by atoms with E-state index in [0.29, 0.717) is 12.1 Å². The van der Waals surface area contributed by atoms with E-state index in [9.17, 15) is 4.57 Å². The smallest absolute Gasteiger partial charge is 0.231 e. The molecule has 0 aromatic rings. The zero-order valence-corrected chi connectivity index (χ0v) is 9.05. The standard InChI is InChI=1S/C7H14ClN2OP/c1-6-3-9(6)12(11,5-8)10-4-7(10)2/h6-7H,3-5H2,1-2H3. The van der Waals surface area contributed by atoms with Crippen LogP contribution in [0.15, 0.2) is 0 Å². The van der Waals surface area contributed by atoms with E-state index in [2.05, 4.69) is 13.8 Å². The van der Waals surface area contributed by atoms with Gasteiger partial charge >= 0.3 is 0 Å². The van der Waals surface area contributed by atoms with Crippen LogP contribution in [0.3, 0.4) is 0 Å². The molecule has 2 aliphatic rings. The van der Waals surface area contributed by atoms with Gasteiger partial charge in [-0.2, -0.15) is 0 Å². The summed E-state index contributed by atoms with van der Waals surface area (Å²) in [5.74, 6) is 0. The Hall–Kier alpha value is 0.440. The van der Waals surface area contributed by atoms with Crippen molar-refractivity contribution in [2.24, 2.45) is 0 Å². The molecule has 0 bridgehead atoms. The zero-order chi connectivity index (χ0) is 8.93. The second-order valence-corrected chi connectivity index (χ2v) is 7.04. The Morgan fingerprint density at radius 1 is 1.33 bits per heavy atom. The van der Waals surface area contributed by atoms with Gasteiger partial charge in [-0.15, -0.1) is 11.6 Å². The molecule has 2 saturated heterocycles. The number of halogens is 1. The fraction of sp³-hybridized carbons (Fsp3) is 1.00. The largest absolute Gasteiger partial charge is 0.287 e. The van der Waals surface area contributed by atoms with Crippen molar-refractivity contribution in [3.8, 4) is 0 Å². The first-order chi connectivity index (χ1) is 5.59. The molecule has 0 spiro atoms. The average molecular weight is 209 g/mol. The molecular weight excluding hydrogens is 195 g/mol. The van der Waals surface area contributed by atoms with Gasteiger partial charge in [-0.1, -0.05) is 0 Å². The van der Waals surface area contributed by atoms with Gasteiger partial charge < -0.3 is 0 Å². The Balaban J connectivity index is 2.09. The van der Waals surface area contributed by atoms with Crippen LogP contribution in [0, 0.1) is 0 Å². The Morgan fingerprint density at radius 2 is 1.67 bits per heavy atom. The molecule has 0 amide bonds. The maximum absolute atomic E-state index is 12.2. The number of rotatable bonds is 3. The normalized spacial score (nSPS) is 49.9. The van der Waals surface area contributed by atoms with Gasteiger partial charge in [0.2, 0.25) is 7.44 Å². The Kier molecular flexibility index (Phi) is 2.04. The molecule has 2 fully saturated rings. The van der Waals surface area contributed by atoms with Gasteiger partial charge in [-0.3, -0.25) is 4.57 Å². The van der Waals surface area contributed by atoms with Crippen molar-refractivity contribution in [3.63, 3.8) is 0 Å². The van der Waals surface area contributed by atoms with E-state index in [1.807, 2.05) is 9.34 Å². The number of nitrogens with zero attached hydrogens (tertiary/aromatic N) is 2. The van der Waals surface area contributed by atoms with Crippen LogP contribution in [0.25, 0.3) is 0 Å². The summed E-state index contributed by atoms with van der Waals surface area (Å²) in [6.45, 7) is 6.08. The summed E-state index contributed by atoms with van der Waals surface area (Å²) in [6.07, 6.45) is 0. The summed E-state index contributed by atoms with van der Waals surface area (Å²) in [5, 5.41) is 0. The lowest BCUT2D eigenvalue weighted by Gasteiger charge is -2.18. The van der Waals surface area contributed by atoms with Crippen molar-refractivity contribution >= 4 is 19.0 Å². The highest BCUT2D eigenvalue weighted by atomic mass is 35.5. The minimum Gasteiger partial charge on any atom is -0.287 e. The first kappa shape index (κ1) is 9.01. The van der Waals surface area contributed by atoms with Crippen molar-refractivity contribution in [1.82, 2.24) is 9.34 Å². The van der Waals surface area contributed by atoms with Crippen molar-refractivity contribution in [2.45, 2.75) is 25.9 Å². The third-order valence-electron chi connectivity index (χ3n) is 2.61. The summed E-state index contributed by atoms with van der Waals surface area (Å²) < 4.78 is 16.3. The molecule has 0 saturated carbocycles. The third-order valence-corrected chi connectivity index (χ3v) is 6.58. The minimum atomic E-state index is -2.30. The van der Waals surface area contributed by atoms with Gasteiger partial charge in [0.05, 0.1) is 0 Å². The Bertz CT molecular complexity index is 228. The van der Waals surface area contributed by atoms with Gasteiger partial charge in [0.15, 0.2) is 0 Å². The molecule has 3 nitrogen and oxygen atoms in total. The Morgan fingerprint density at radius 3 is 1.83 bits per heavy atom. The number of alkyl halides is 1. The summed E-state index contributed by atoms with van der Waals surface area (Å²) in [4.78, 5) is 0. The number of hydrogen-bond donors (Lipinski definition) is 0. The molecule has 2 aliphatic heterocycles. The first-order valence-electron chi connectivity index (χ1n) is 4.29. The molecule has 4 unspecified atom stereocenters. The predicted octanol–water partition coefficient (Wildman–Crippen LogP) is 1.78. The molecule has 5 heteroatoms. The van der Waals surface area contributed by atoms with Crippen LogP contribution in [-0.4, -0.2) is 40.1 Å². The highest BCUT2D eigenvalue weighted by Gasteiger charge is 2.54. The van der Waals surface area contributed by atoms with Crippen LogP contribution in [0.1, 0.15) is 13.8 Å². The minimum absolute atomic E-state index is 0.279. The molecule has 0 aliphatic carbocycles. The second kappa shape index (κ2) is 2.71. The van der Waals surface area contributed by atoms with Crippen LogP contribution < -0.4 is 0 Å². The molecule has 4 atom stereocenters. The fourth-order valence-electron chi connectivity index (χ4n) is 1.60. The van der Waals surface area contributed by atoms with E-state index in [4.69, 9.17) is 11.6 Å². The lowest BCUT2D eigenvalue weighted by molar-refractivity contribution is 0.510. The SMILES string of the molecule is CC1CN1P(=O)(CCl)N1CC1C. The zero-order valence-electron chi connectivity index (χ0n) is 7.40. The molecule has 0 N–H and O–H groups in total. The van der Waals surface area contributed by atoms with Crippen LogP contribution >= 0.6 is 19.0 Å². The van der Waals surface area contributed by atoms with E-state index in [-0.39, 0.29) is 5.62 Å². The molecule has 12 heavy (non-hydrogen) atoms. The third kappa shape index (κ3) is 1.24. The lowest BCUT2D eigenvalue weighted by Crippen LogP contribution is -2.08. The molecule has 0 aromatic heterocycles. The highest BCUT2D eigenvalue weighted by Crippen LogP contribution is 2.64. The van der Waals surface area contributed by atoms with Crippen LogP contribution in [0.2, 0.25) is 0 Å². The monoisotopic (exact) mass is 208 g/mol. The highest BCUT2D eigenvalue weighted by molar-refractivity contribution is 7.61. The summed E-state index contributed by atoms with van der Waals surface area (Å²) in [7, 11) is -2.30. The van der Waals surface area contributed by atoms with Gasteiger partial charge in [0.1, 0.15) is 5.62 Å². The lowest BCUT2D eigenvalue weighted by atomic mass is 10.6. The summed E-state index contributed by atoms with van der Waals surface area (Å²) in [5.41, 5.74) is 0.279. The molecule has 70 valence electrons.